The van der Waals surface area contributed by atoms with Crippen LogP contribution in [0.3, 0.4) is 0 Å². The van der Waals surface area contributed by atoms with Crippen molar-refractivity contribution in [2.45, 2.75) is 31.8 Å². The van der Waals surface area contributed by atoms with E-state index in [2.05, 4.69) is 25.8 Å². The average Bonchev–Trinajstić information content (AvgIpc) is 1.96. The van der Waals surface area contributed by atoms with Crippen molar-refractivity contribution < 1.29 is 0 Å². The van der Waals surface area contributed by atoms with Crippen LogP contribution in [0.4, 0.5) is 0 Å². The Hall–Kier alpha value is -0.0800. The third kappa shape index (κ3) is 0.970. The minimum atomic E-state index is 0.222. The SMILES string of the molecule is CN1CC[C@@H](N)C1(C)C. The van der Waals surface area contributed by atoms with Crippen molar-refractivity contribution in [1.29, 1.82) is 0 Å². The Morgan fingerprint density at radius 3 is 2.22 bits per heavy atom. The Morgan fingerprint density at radius 2 is 2.11 bits per heavy atom. The van der Waals surface area contributed by atoms with Gasteiger partial charge in [-0.1, -0.05) is 0 Å². The summed E-state index contributed by atoms with van der Waals surface area (Å²) in [6.45, 7) is 5.55. The van der Waals surface area contributed by atoms with E-state index in [4.69, 9.17) is 5.73 Å². The molecule has 1 saturated heterocycles. The third-order valence-electron chi connectivity index (χ3n) is 2.67. The molecule has 1 fully saturated rings. The minimum Gasteiger partial charge on any atom is -0.326 e. The lowest BCUT2D eigenvalue weighted by atomic mass is 9.97. The molecule has 0 aromatic rings. The van der Waals surface area contributed by atoms with E-state index in [0.717, 1.165) is 13.0 Å². The van der Waals surface area contributed by atoms with E-state index in [9.17, 15) is 0 Å². The highest BCUT2D eigenvalue weighted by atomic mass is 15.2. The van der Waals surface area contributed by atoms with Crippen molar-refractivity contribution in [3.05, 3.63) is 0 Å². The highest BCUT2D eigenvalue weighted by Crippen LogP contribution is 2.24. The molecule has 2 N–H and O–H groups in total. The molecule has 2 nitrogen and oxygen atoms in total. The highest BCUT2D eigenvalue weighted by molar-refractivity contribution is 4.96. The smallest absolute Gasteiger partial charge is 0.0301 e. The van der Waals surface area contributed by atoms with Gasteiger partial charge in [-0.25, -0.2) is 0 Å². The summed E-state index contributed by atoms with van der Waals surface area (Å²) in [5.41, 5.74) is 6.08. The van der Waals surface area contributed by atoms with Gasteiger partial charge in [0.1, 0.15) is 0 Å². The summed E-state index contributed by atoms with van der Waals surface area (Å²) in [7, 11) is 2.13. The van der Waals surface area contributed by atoms with Crippen LogP contribution in [0, 0.1) is 0 Å². The van der Waals surface area contributed by atoms with Crippen LogP contribution in [0.1, 0.15) is 20.3 Å². The van der Waals surface area contributed by atoms with Gasteiger partial charge in [-0.15, -0.1) is 0 Å². The highest BCUT2D eigenvalue weighted by Gasteiger charge is 2.35. The van der Waals surface area contributed by atoms with Crippen LogP contribution in [0.25, 0.3) is 0 Å². The van der Waals surface area contributed by atoms with E-state index in [-0.39, 0.29) is 5.54 Å². The second-order valence-corrected chi connectivity index (χ2v) is 3.47. The van der Waals surface area contributed by atoms with E-state index >= 15 is 0 Å². The number of hydrogen-bond donors (Lipinski definition) is 1. The second-order valence-electron chi connectivity index (χ2n) is 3.47. The standard InChI is InChI=1S/C7H16N2/c1-7(2)6(8)4-5-9(7)3/h6H,4-5,8H2,1-3H3/t6-/m1/s1. The van der Waals surface area contributed by atoms with Gasteiger partial charge in [-0.2, -0.15) is 0 Å². The molecule has 1 aliphatic rings. The monoisotopic (exact) mass is 128 g/mol. The van der Waals surface area contributed by atoms with Gasteiger partial charge in [0.15, 0.2) is 0 Å². The molecule has 0 saturated carbocycles. The Bertz CT molecular complexity index is 97.5. The van der Waals surface area contributed by atoms with Crippen molar-refractivity contribution in [1.82, 2.24) is 4.90 Å². The summed E-state index contributed by atoms with van der Waals surface area (Å²) >= 11 is 0. The zero-order valence-electron chi connectivity index (χ0n) is 6.52. The fourth-order valence-corrected chi connectivity index (χ4v) is 1.26. The molecule has 2 heteroatoms. The first-order chi connectivity index (χ1) is 4.05. The quantitative estimate of drug-likeness (QED) is 0.512. The molecule has 1 aliphatic heterocycles. The number of likely N-dealkylation sites (N-methyl/N-ethyl adjacent to an activating group) is 1. The van der Waals surface area contributed by atoms with Gasteiger partial charge in [0.2, 0.25) is 0 Å². The topological polar surface area (TPSA) is 29.3 Å². The number of likely N-dealkylation sites (tertiary alicyclic amines) is 1. The van der Waals surface area contributed by atoms with Crippen LogP contribution in [-0.2, 0) is 0 Å². The first kappa shape index (κ1) is 7.03. The molecule has 0 spiro atoms. The zero-order valence-corrected chi connectivity index (χ0v) is 6.52. The normalized spacial score (nSPS) is 35.3. The van der Waals surface area contributed by atoms with E-state index in [0.29, 0.717) is 6.04 Å². The lowest BCUT2D eigenvalue weighted by molar-refractivity contribution is 0.202. The van der Waals surface area contributed by atoms with Crippen LogP contribution in [0.15, 0.2) is 0 Å². The van der Waals surface area contributed by atoms with Crippen molar-refractivity contribution in [3.8, 4) is 0 Å². The molecule has 1 atom stereocenters. The van der Waals surface area contributed by atoms with Crippen molar-refractivity contribution in [2.75, 3.05) is 13.6 Å². The van der Waals surface area contributed by atoms with Crippen LogP contribution >= 0.6 is 0 Å². The molecule has 0 aromatic heterocycles. The van der Waals surface area contributed by atoms with Gasteiger partial charge in [0, 0.05) is 11.6 Å². The lowest BCUT2D eigenvalue weighted by Crippen LogP contribution is -2.46. The molecule has 0 aromatic carbocycles. The Labute approximate surface area is 57.0 Å². The molecule has 0 unspecified atom stereocenters. The Balaban J connectivity index is 2.66. The van der Waals surface area contributed by atoms with Crippen LogP contribution in [0.5, 0.6) is 0 Å². The fourth-order valence-electron chi connectivity index (χ4n) is 1.26. The number of nitrogens with two attached hydrogens (primary N) is 1. The van der Waals surface area contributed by atoms with E-state index in [1.807, 2.05) is 0 Å². The van der Waals surface area contributed by atoms with E-state index < -0.39 is 0 Å². The summed E-state index contributed by atoms with van der Waals surface area (Å²) < 4.78 is 0. The summed E-state index contributed by atoms with van der Waals surface area (Å²) in [6, 6.07) is 0.363. The van der Waals surface area contributed by atoms with Gasteiger partial charge in [0.25, 0.3) is 0 Å². The lowest BCUT2D eigenvalue weighted by Gasteiger charge is -2.31. The molecule has 1 heterocycles. The van der Waals surface area contributed by atoms with E-state index in [1.54, 1.807) is 0 Å². The van der Waals surface area contributed by atoms with Gasteiger partial charge in [-0.3, -0.25) is 4.90 Å². The molecule has 0 aliphatic carbocycles. The van der Waals surface area contributed by atoms with Gasteiger partial charge < -0.3 is 5.73 Å². The summed E-state index contributed by atoms with van der Waals surface area (Å²) in [5.74, 6) is 0. The average molecular weight is 128 g/mol. The molecule has 9 heavy (non-hydrogen) atoms. The van der Waals surface area contributed by atoms with Crippen molar-refractivity contribution >= 4 is 0 Å². The van der Waals surface area contributed by atoms with Crippen LogP contribution < -0.4 is 5.73 Å². The summed E-state index contributed by atoms with van der Waals surface area (Å²) in [6.07, 6.45) is 1.14. The van der Waals surface area contributed by atoms with Crippen molar-refractivity contribution in [3.63, 3.8) is 0 Å². The Morgan fingerprint density at radius 1 is 1.56 bits per heavy atom. The molecule has 54 valence electrons. The molecular formula is C7H16N2. The summed E-state index contributed by atoms with van der Waals surface area (Å²) in [5, 5.41) is 0. The Kier molecular flexibility index (Phi) is 1.53. The van der Waals surface area contributed by atoms with Crippen LogP contribution in [0.2, 0.25) is 0 Å². The number of rotatable bonds is 0. The second kappa shape index (κ2) is 1.96. The molecule has 1 rings (SSSR count). The number of nitrogens with zero attached hydrogens (tertiary/aromatic N) is 1. The maximum atomic E-state index is 5.86. The predicted molar refractivity (Wildman–Crippen MR) is 39.3 cm³/mol. The predicted octanol–water partition coefficient (Wildman–Crippen LogP) is 0.428. The first-order valence-electron chi connectivity index (χ1n) is 3.52. The molecule has 0 bridgehead atoms. The molecule has 0 radical (unpaired) electrons. The maximum absolute atomic E-state index is 5.86. The zero-order chi connectivity index (χ0) is 7.07. The molecular weight excluding hydrogens is 112 g/mol. The first-order valence-corrected chi connectivity index (χ1v) is 3.52. The summed E-state index contributed by atoms with van der Waals surface area (Å²) in [4.78, 5) is 2.32. The van der Waals surface area contributed by atoms with Gasteiger partial charge in [0.05, 0.1) is 0 Å². The van der Waals surface area contributed by atoms with Gasteiger partial charge in [-0.05, 0) is 33.9 Å². The number of hydrogen-bond acceptors (Lipinski definition) is 2. The van der Waals surface area contributed by atoms with Crippen molar-refractivity contribution in [2.24, 2.45) is 5.73 Å². The van der Waals surface area contributed by atoms with E-state index in [1.165, 1.54) is 0 Å². The largest absolute Gasteiger partial charge is 0.326 e. The minimum absolute atomic E-state index is 0.222. The third-order valence-corrected chi connectivity index (χ3v) is 2.67. The fraction of sp³-hybridized carbons (Fsp3) is 1.00. The molecule has 0 amide bonds. The van der Waals surface area contributed by atoms with Crippen LogP contribution in [-0.4, -0.2) is 30.1 Å². The van der Waals surface area contributed by atoms with Gasteiger partial charge >= 0.3 is 0 Å². The maximum Gasteiger partial charge on any atom is 0.0301 e.